The van der Waals surface area contributed by atoms with Crippen molar-refractivity contribution in [3.63, 3.8) is 0 Å². The zero-order valence-corrected chi connectivity index (χ0v) is 13.7. The summed E-state index contributed by atoms with van der Waals surface area (Å²) in [7, 11) is 0. The number of amides is 1. The fraction of sp³-hybridized carbons (Fsp3) is 0.294. The second-order valence-corrected chi connectivity index (χ2v) is 6.21. The fourth-order valence-corrected chi connectivity index (χ4v) is 3.26. The maximum atomic E-state index is 13.5. The molecular formula is C17H16FN5O3. The predicted molar refractivity (Wildman–Crippen MR) is 89.0 cm³/mol. The van der Waals surface area contributed by atoms with Gasteiger partial charge < -0.3 is 9.32 Å². The van der Waals surface area contributed by atoms with E-state index in [0.717, 1.165) is 12.8 Å². The lowest BCUT2D eigenvalue weighted by Crippen LogP contribution is -2.39. The lowest BCUT2D eigenvalue weighted by atomic mass is 9.97. The van der Waals surface area contributed by atoms with Crippen molar-refractivity contribution in [3.8, 4) is 11.3 Å². The zero-order chi connectivity index (χ0) is 18.1. The van der Waals surface area contributed by atoms with E-state index in [4.69, 9.17) is 4.42 Å². The van der Waals surface area contributed by atoms with Crippen molar-refractivity contribution in [2.75, 3.05) is 13.1 Å². The van der Waals surface area contributed by atoms with E-state index in [1.165, 1.54) is 18.3 Å². The van der Waals surface area contributed by atoms with Crippen LogP contribution < -0.4 is 5.76 Å². The minimum atomic E-state index is -0.605. The standard InChI is InChI=1S/C17H16FN5O3/c18-12-5-1-3-10(7-12)14-13(8-19-20-14)16(24)23-6-2-4-11(9-23)15-21-22-17(25)26-15/h1,3,5,7-8,11H,2,4,6,9H2,(H,19,20)(H,22,25). The molecular weight excluding hydrogens is 341 g/mol. The van der Waals surface area contributed by atoms with Gasteiger partial charge in [0, 0.05) is 18.7 Å². The van der Waals surface area contributed by atoms with Gasteiger partial charge in [-0.1, -0.05) is 12.1 Å². The summed E-state index contributed by atoms with van der Waals surface area (Å²) in [6.07, 6.45) is 2.99. The van der Waals surface area contributed by atoms with Crippen molar-refractivity contribution < 1.29 is 13.6 Å². The largest absolute Gasteiger partial charge is 0.434 e. The Balaban J connectivity index is 1.58. The van der Waals surface area contributed by atoms with Crippen LogP contribution in [0, 0.1) is 5.82 Å². The van der Waals surface area contributed by atoms with Crippen LogP contribution in [-0.4, -0.2) is 44.3 Å². The van der Waals surface area contributed by atoms with Gasteiger partial charge in [-0.15, -0.1) is 5.10 Å². The lowest BCUT2D eigenvalue weighted by molar-refractivity contribution is 0.0698. The van der Waals surface area contributed by atoms with Gasteiger partial charge in [-0.05, 0) is 25.0 Å². The molecule has 0 aliphatic carbocycles. The van der Waals surface area contributed by atoms with Gasteiger partial charge >= 0.3 is 5.76 Å². The van der Waals surface area contributed by atoms with Crippen LogP contribution in [0.2, 0.25) is 0 Å². The Labute approximate surface area is 147 Å². The number of nitrogens with zero attached hydrogens (tertiary/aromatic N) is 3. The topological polar surface area (TPSA) is 108 Å². The Morgan fingerprint density at radius 2 is 2.23 bits per heavy atom. The first kappa shape index (κ1) is 16.2. The van der Waals surface area contributed by atoms with Crippen LogP contribution in [0.5, 0.6) is 0 Å². The first-order chi connectivity index (χ1) is 12.6. The number of piperidine rings is 1. The summed E-state index contributed by atoms with van der Waals surface area (Å²) in [5.41, 5.74) is 1.40. The molecule has 1 aromatic carbocycles. The van der Waals surface area contributed by atoms with Crippen molar-refractivity contribution >= 4 is 5.91 Å². The number of rotatable bonds is 3. The van der Waals surface area contributed by atoms with Crippen LogP contribution in [0.15, 0.2) is 39.7 Å². The number of aromatic amines is 2. The number of aromatic nitrogens is 4. The SMILES string of the molecule is O=C(c1cn[nH]c1-c1cccc(F)c1)N1CCCC(c2n[nH]c(=O)o2)C1. The molecule has 8 nitrogen and oxygen atoms in total. The number of likely N-dealkylation sites (tertiary alicyclic amines) is 1. The number of hydrogen-bond donors (Lipinski definition) is 2. The maximum Gasteiger partial charge on any atom is 0.434 e. The van der Waals surface area contributed by atoms with Crippen LogP contribution in [0.3, 0.4) is 0 Å². The normalized spacial score (nSPS) is 17.4. The molecule has 1 aliphatic rings. The Morgan fingerprint density at radius 1 is 1.35 bits per heavy atom. The Hall–Kier alpha value is -3.23. The number of hydrogen-bond acceptors (Lipinski definition) is 5. The molecule has 9 heteroatoms. The highest BCUT2D eigenvalue weighted by Gasteiger charge is 2.30. The molecule has 1 atom stereocenters. The average Bonchev–Trinajstić information content (AvgIpc) is 3.30. The van der Waals surface area contributed by atoms with Crippen molar-refractivity contribution in [1.29, 1.82) is 0 Å². The van der Waals surface area contributed by atoms with Gasteiger partial charge in [0.05, 0.1) is 23.4 Å². The second kappa shape index (κ2) is 6.58. The van der Waals surface area contributed by atoms with Gasteiger partial charge in [-0.3, -0.25) is 9.89 Å². The average molecular weight is 357 g/mol. The number of carbonyl (C=O) groups excluding carboxylic acids is 1. The minimum Gasteiger partial charge on any atom is -0.392 e. The van der Waals surface area contributed by atoms with E-state index in [1.54, 1.807) is 17.0 Å². The van der Waals surface area contributed by atoms with Gasteiger partial charge in [-0.2, -0.15) is 5.10 Å². The minimum absolute atomic E-state index is 0.142. The quantitative estimate of drug-likeness (QED) is 0.744. The molecule has 0 radical (unpaired) electrons. The fourth-order valence-electron chi connectivity index (χ4n) is 3.26. The van der Waals surface area contributed by atoms with E-state index in [2.05, 4.69) is 20.4 Å². The molecule has 0 bridgehead atoms. The van der Waals surface area contributed by atoms with Crippen LogP contribution in [0.4, 0.5) is 4.39 Å². The van der Waals surface area contributed by atoms with Gasteiger partial charge in [-0.25, -0.2) is 14.3 Å². The van der Waals surface area contributed by atoms with Crippen molar-refractivity contribution in [2.45, 2.75) is 18.8 Å². The van der Waals surface area contributed by atoms with E-state index in [0.29, 0.717) is 35.8 Å². The van der Waals surface area contributed by atoms with E-state index in [9.17, 15) is 14.0 Å². The summed E-state index contributed by atoms with van der Waals surface area (Å²) in [4.78, 5) is 25.8. The van der Waals surface area contributed by atoms with Crippen molar-refractivity contribution in [2.24, 2.45) is 0 Å². The molecule has 1 saturated heterocycles. The van der Waals surface area contributed by atoms with Gasteiger partial charge in [0.1, 0.15) is 5.82 Å². The molecule has 1 fully saturated rings. The smallest absolute Gasteiger partial charge is 0.392 e. The van der Waals surface area contributed by atoms with Crippen LogP contribution >= 0.6 is 0 Å². The first-order valence-corrected chi connectivity index (χ1v) is 8.26. The number of halogens is 1. The molecule has 26 heavy (non-hydrogen) atoms. The van der Waals surface area contributed by atoms with Crippen molar-refractivity contribution in [3.05, 3.63) is 58.3 Å². The molecule has 4 rings (SSSR count). The first-order valence-electron chi connectivity index (χ1n) is 8.26. The van der Waals surface area contributed by atoms with Gasteiger partial charge in [0.15, 0.2) is 0 Å². The second-order valence-electron chi connectivity index (χ2n) is 6.21. The summed E-state index contributed by atoms with van der Waals surface area (Å²) in [5, 5.41) is 12.8. The third-order valence-electron chi connectivity index (χ3n) is 4.50. The van der Waals surface area contributed by atoms with E-state index in [-0.39, 0.29) is 17.6 Å². The maximum absolute atomic E-state index is 13.5. The summed E-state index contributed by atoms with van der Waals surface area (Å²) in [5.74, 6) is -1.03. The molecule has 1 unspecified atom stereocenters. The highest BCUT2D eigenvalue weighted by molar-refractivity contribution is 5.99. The molecule has 0 saturated carbocycles. The van der Waals surface area contributed by atoms with Crippen LogP contribution in [0.1, 0.15) is 35.0 Å². The third-order valence-corrected chi connectivity index (χ3v) is 4.50. The van der Waals surface area contributed by atoms with Gasteiger partial charge in [0.25, 0.3) is 5.91 Å². The van der Waals surface area contributed by atoms with Crippen molar-refractivity contribution in [1.82, 2.24) is 25.3 Å². The molecule has 2 aromatic heterocycles. The van der Waals surface area contributed by atoms with E-state index < -0.39 is 5.76 Å². The molecule has 1 amide bonds. The number of carbonyl (C=O) groups is 1. The lowest BCUT2D eigenvalue weighted by Gasteiger charge is -2.31. The molecule has 2 N–H and O–H groups in total. The summed E-state index contributed by atoms with van der Waals surface area (Å²) >= 11 is 0. The number of H-pyrrole nitrogens is 2. The molecule has 3 heterocycles. The molecule has 0 spiro atoms. The summed E-state index contributed by atoms with van der Waals surface area (Å²) < 4.78 is 18.5. The molecule has 3 aromatic rings. The third kappa shape index (κ3) is 3.03. The summed E-state index contributed by atoms with van der Waals surface area (Å²) in [6, 6.07) is 5.98. The zero-order valence-electron chi connectivity index (χ0n) is 13.7. The predicted octanol–water partition coefficient (Wildman–Crippen LogP) is 1.91. The van der Waals surface area contributed by atoms with Crippen LogP contribution in [-0.2, 0) is 0 Å². The Bertz CT molecular complexity index is 992. The highest BCUT2D eigenvalue weighted by atomic mass is 19.1. The van der Waals surface area contributed by atoms with E-state index >= 15 is 0 Å². The van der Waals surface area contributed by atoms with Gasteiger partial charge in [0.2, 0.25) is 5.89 Å². The Kier molecular flexibility index (Phi) is 4.11. The number of nitrogens with one attached hydrogen (secondary N) is 2. The Morgan fingerprint density at radius 3 is 3.00 bits per heavy atom. The summed E-state index contributed by atoms with van der Waals surface area (Å²) in [6.45, 7) is 0.970. The van der Waals surface area contributed by atoms with E-state index in [1.807, 2.05) is 0 Å². The molecule has 1 aliphatic heterocycles. The monoisotopic (exact) mass is 357 g/mol. The highest BCUT2D eigenvalue weighted by Crippen LogP contribution is 2.28. The molecule has 134 valence electrons. The number of benzene rings is 1. The van der Waals surface area contributed by atoms with Crippen LogP contribution in [0.25, 0.3) is 11.3 Å².